The van der Waals surface area contributed by atoms with Gasteiger partial charge in [-0.2, -0.15) is 0 Å². The largest absolute Gasteiger partial charge is 0.531 e. The van der Waals surface area contributed by atoms with Gasteiger partial charge in [-0.05, 0) is 146 Å². The molecule has 22 nitrogen and oxygen atoms in total. The lowest BCUT2D eigenvalue weighted by Gasteiger charge is -2.44. The molecule has 0 saturated carbocycles. The Labute approximate surface area is 552 Å². The fraction of sp³-hybridized carbons (Fsp3) is 1.00. The van der Waals surface area contributed by atoms with Crippen LogP contribution >= 0.6 is 0 Å². The molecule has 4 saturated heterocycles. The Morgan fingerprint density at radius 2 is 0.544 bits per heavy atom. The summed E-state index contributed by atoms with van der Waals surface area (Å²) >= 11 is 0. The zero-order valence-corrected chi connectivity index (χ0v) is 65.4. The van der Waals surface area contributed by atoms with Crippen LogP contribution in [0.25, 0.3) is 0 Å². The monoisotopic (exact) mass is 1370 g/mol. The first-order valence-electron chi connectivity index (χ1n) is 33.7. The summed E-state index contributed by atoms with van der Waals surface area (Å²) in [6, 6.07) is 0. The Balaban J connectivity index is 0.000000601. The van der Waals surface area contributed by atoms with E-state index in [0.29, 0.717) is 52.9 Å². The normalized spacial score (nSPS) is 20.3. The van der Waals surface area contributed by atoms with Gasteiger partial charge in [0.2, 0.25) is 0 Å². The molecule has 4 aliphatic heterocycles. The van der Waals surface area contributed by atoms with Crippen molar-refractivity contribution in [3.05, 3.63) is 0 Å². The SMILES string of the molecule is CCOC(CCCC(OC)C1(C)COC1)[Si](C)(OC)OC.CCOC(CCCC(OC)C1(C)COC1)[Si](C)(OCC)OCC.CCOC(CCCC(OC)C1(C)COC1)[Si](OCC)(OCC)OCC.COC(CCCC(OC)[Si](OC)(OC)OC)C1(C)COC1. The smallest absolute Gasteiger partial charge is 0.396 e. The summed E-state index contributed by atoms with van der Waals surface area (Å²) in [6.07, 6.45) is 12.4. The standard InChI is InChI=1S/C18H38O6Si.C17H36O5Si.C15H32O5Si.C14H30O6Si/c1-7-21-17(25(22-8-2,23-9-3)24-10-4)13-11-12-16(19-6)18(5)14-20-15-18;1-7-20-16(23(6,21-8-2)22-9-3)12-10-11-15(18-5)17(4)13-19-14-17;1-7-20-14(21(6,17-4)18-5)10-8-9-13(16-3)15(2)11-19-12-15;1-14(10-20-11-14)12(15-2)8-7-9-13(16-3)21(17-4,18-5)19-6/h16-17H,7-15H2,1-6H3;15-16H,7-14H2,1-6H3;13-14H,7-12H2,1-6H3;12-13H,7-11H2,1-6H3. The van der Waals surface area contributed by atoms with E-state index in [1.165, 1.54) is 0 Å². The van der Waals surface area contributed by atoms with Crippen LogP contribution in [0.2, 0.25) is 13.1 Å². The second kappa shape index (κ2) is 46.3. The molecule has 0 amide bonds. The number of ether oxygens (including phenoxy) is 12. The third kappa shape index (κ3) is 26.7. The fourth-order valence-corrected chi connectivity index (χ4v) is 22.4. The van der Waals surface area contributed by atoms with Crippen molar-refractivity contribution < 1.29 is 101 Å². The lowest BCUT2D eigenvalue weighted by molar-refractivity contribution is -0.172. The average Bonchev–Trinajstić information content (AvgIpc) is 1.73. The highest BCUT2D eigenvalue weighted by Gasteiger charge is 2.52. The summed E-state index contributed by atoms with van der Waals surface area (Å²) in [4.78, 5) is 0. The Bertz CT molecular complexity index is 1680. The summed E-state index contributed by atoms with van der Waals surface area (Å²) in [5.74, 6) is 0. The summed E-state index contributed by atoms with van der Waals surface area (Å²) in [6.45, 7) is 40.4. The number of hydrogen-bond donors (Lipinski definition) is 0. The van der Waals surface area contributed by atoms with Gasteiger partial charge in [-0.25, -0.2) is 0 Å². The van der Waals surface area contributed by atoms with Gasteiger partial charge >= 0.3 is 34.7 Å². The van der Waals surface area contributed by atoms with Gasteiger partial charge < -0.3 is 101 Å². The quantitative estimate of drug-likeness (QED) is 0.0520. The minimum absolute atomic E-state index is 0.0560. The third-order valence-electron chi connectivity index (χ3n) is 18.3. The number of hydrogen-bond acceptors (Lipinski definition) is 22. The van der Waals surface area contributed by atoms with Crippen LogP contribution in [0.5, 0.6) is 0 Å². The molecule has 0 aromatic rings. The van der Waals surface area contributed by atoms with Crippen molar-refractivity contribution in [2.45, 2.75) is 221 Å². The highest BCUT2D eigenvalue weighted by molar-refractivity contribution is 6.67. The average molecular weight is 1370 g/mol. The van der Waals surface area contributed by atoms with Gasteiger partial charge in [0.1, 0.15) is 22.9 Å². The molecule has 0 radical (unpaired) electrons. The zero-order valence-electron chi connectivity index (χ0n) is 61.4. The fourth-order valence-electron chi connectivity index (χ4n) is 12.6. The first kappa shape index (κ1) is 88.0. The molecule has 90 heavy (non-hydrogen) atoms. The molecule has 4 fully saturated rings. The molecular weight excluding hydrogens is 1230 g/mol. The molecule has 8 atom stereocenters. The van der Waals surface area contributed by atoms with Crippen molar-refractivity contribution in [1.82, 2.24) is 0 Å². The predicted molar refractivity (Wildman–Crippen MR) is 359 cm³/mol. The van der Waals surface area contributed by atoms with Crippen LogP contribution in [0.1, 0.15) is 160 Å². The molecule has 4 heterocycles. The minimum Gasteiger partial charge on any atom is -0.396 e. The topological polar surface area (TPSA) is 203 Å². The van der Waals surface area contributed by atoms with Crippen molar-refractivity contribution in [1.29, 1.82) is 0 Å². The van der Waals surface area contributed by atoms with Crippen LogP contribution in [0, 0.1) is 21.7 Å². The Kier molecular flexibility index (Phi) is 45.3. The van der Waals surface area contributed by atoms with E-state index in [0.717, 1.165) is 130 Å². The first-order valence-corrected chi connectivity index (χ1v) is 42.1. The molecule has 26 heteroatoms. The van der Waals surface area contributed by atoms with Gasteiger partial charge in [0.25, 0.3) is 0 Å². The summed E-state index contributed by atoms with van der Waals surface area (Å²) in [5.41, 5.74) is 0.409. The lowest BCUT2D eigenvalue weighted by Crippen LogP contribution is -2.57. The third-order valence-corrected chi connectivity index (χ3v) is 31.3. The molecule has 0 bridgehead atoms. The zero-order chi connectivity index (χ0) is 68.0. The molecule has 4 aliphatic rings. The van der Waals surface area contributed by atoms with E-state index >= 15 is 0 Å². The molecule has 4 rings (SSSR count). The molecule has 540 valence electrons. The van der Waals surface area contributed by atoms with Crippen LogP contribution in [0.4, 0.5) is 0 Å². The van der Waals surface area contributed by atoms with Gasteiger partial charge in [0.15, 0.2) is 0 Å². The van der Waals surface area contributed by atoms with Crippen molar-refractivity contribution >= 4 is 34.7 Å². The van der Waals surface area contributed by atoms with E-state index in [9.17, 15) is 0 Å². The van der Waals surface area contributed by atoms with E-state index < -0.39 is 34.7 Å². The van der Waals surface area contributed by atoms with E-state index in [1.807, 2.05) is 55.4 Å². The van der Waals surface area contributed by atoms with Gasteiger partial charge in [-0.15, -0.1) is 0 Å². The maximum absolute atomic E-state index is 6.03. The minimum atomic E-state index is -2.86. The van der Waals surface area contributed by atoms with Crippen LogP contribution < -0.4 is 0 Å². The molecular formula is C64H136O22Si4. The summed E-state index contributed by atoms with van der Waals surface area (Å²) in [7, 11) is 6.87. The van der Waals surface area contributed by atoms with Crippen LogP contribution in [0.15, 0.2) is 0 Å². The van der Waals surface area contributed by atoms with Crippen LogP contribution in [-0.2, 0) is 101 Å². The van der Waals surface area contributed by atoms with Crippen molar-refractivity contribution in [2.24, 2.45) is 21.7 Å². The van der Waals surface area contributed by atoms with Crippen LogP contribution in [0.3, 0.4) is 0 Å². The molecule has 8 unspecified atom stereocenters. The summed E-state index contributed by atoms with van der Waals surface area (Å²) in [5, 5.41) is 0. The van der Waals surface area contributed by atoms with E-state index in [1.54, 1.807) is 71.1 Å². The number of methoxy groups -OCH3 is 5. The van der Waals surface area contributed by atoms with E-state index in [-0.39, 0.29) is 69.0 Å². The molecule has 0 aromatic heterocycles. The maximum atomic E-state index is 6.03. The van der Waals surface area contributed by atoms with Crippen molar-refractivity contribution in [3.63, 3.8) is 0 Å². The van der Waals surface area contributed by atoms with Crippen molar-refractivity contribution in [2.75, 3.05) is 177 Å². The Morgan fingerprint density at radius 1 is 0.289 bits per heavy atom. The molecule has 0 aromatic carbocycles. The summed E-state index contributed by atoms with van der Waals surface area (Å²) < 4.78 is 125. The maximum Gasteiger partial charge on any atom is 0.531 e. The van der Waals surface area contributed by atoms with Gasteiger partial charge in [-0.3, -0.25) is 0 Å². The lowest BCUT2D eigenvalue weighted by atomic mass is 9.80. The molecule has 0 spiro atoms. The van der Waals surface area contributed by atoms with Crippen LogP contribution in [-0.4, -0.2) is 259 Å². The molecule has 0 aliphatic carbocycles. The Morgan fingerprint density at radius 3 is 0.756 bits per heavy atom. The van der Waals surface area contributed by atoms with Gasteiger partial charge in [0, 0.05) is 146 Å². The predicted octanol–water partition coefficient (Wildman–Crippen LogP) is 10.7. The van der Waals surface area contributed by atoms with Gasteiger partial charge in [-0.1, -0.05) is 27.7 Å². The highest BCUT2D eigenvalue weighted by Crippen LogP contribution is 2.39. The number of rotatable bonds is 50. The molecule has 0 N–H and O–H groups in total. The van der Waals surface area contributed by atoms with E-state index in [2.05, 4.69) is 40.8 Å². The Hall–Kier alpha value is -0.0125. The first-order chi connectivity index (χ1) is 42.9. The second-order valence-corrected chi connectivity index (χ2v) is 37.7. The van der Waals surface area contributed by atoms with E-state index in [4.69, 9.17) is 101 Å². The highest BCUT2D eigenvalue weighted by atomic mass is 28.4. The van der Waals surface area contributed by atoms with Crippen molar-refractivity contribution in [3.8, 4) is 0 Å². The van der Waals surface area contributed by atoms with Gasteiger partial charge in [0.05, 0.1) is 77.3 Å². The second-order valence-electron chi connectivity index (χ2n) is 25.2.